The second kappa shape index (κ2) is 7.04. The molecule has 0 amide bonds. The summed E-state index contributed by atoms with van der Waals surface area (Å²) < 4.78 is 0. The molecule has 92 valence electrons. The molecule has 1 unspecified atom stereocenters. The Labute approximate surface area is 114 Å². The van der Waals surface area contributed by atoms with Crippen molar-refractivity contribution in [3.05, 3.63) is 71.8 Å². The topological polar surface area (TPSA) is 23.8 Å². The van der Waals surface area contributed by atoms with E-state index in [1.54, 1.807) is 0 Å². The molecule has 0 aromatic heterocycles. The maximum Gasteiger partial charge on any atom is 0.0628 e. The first-order chi connectivity index (χ1) is 9.40. The highest BCUT2D eigenvalue weighted by Crippen LogP contribution is 2.22. The van der Waals surface area contributed by atoms with Crippen LogP contribution >= 0.6 is 0 Å². The molecule has 0 saturated carbocycles. The Balaban J connectivity index is 2.07. The van der Waals surface area contributed by atoms with E-state index in [1.165, 1.54) is 5.56 Å². The number of rotatable bonds is 3. The highest BCUT2D eigenvalue weighted by atomic mass is 14.2. The molecule has 19 heavy (non-hydrogen) atoms. The van der Waals surface area contributed by atoms with E-state index >= 15 is 0 Å². The summed E-state index contributed by atoms with van der Waals surface area (Å²) in [7, 11) is 0. The first-order valence-electron chi connectivity index (χ1n) is 6.36. The molecule has 2 aromatic carbocycles. The molecule has 2 aromatic rings. The summed E-state index contributed by atoms with van der Waals surface area (Å²) in [4.78, 5) is 0. The molecule has 0 heterocycles. The summed E-state index contributed by atoms with van der Waals surface area (Å²) in [5.41, 5.74) is 2.21. The van der Waals surface area contributed by atoms with Gasteiger partial charge in [-0.05, 0) is 17.7 Å². The molecule has 1 nitrogen and oxygen atoms in total. The molecule has 0 spiro atoms. The fourth-order valence-electron chi connectivity index (χ4n) is 1.94. The van der Waals surface area contributed by atoms with Gasteiger partial charge in [-0.2, -0.15) is 5.26 Å². The SMILES string of the molecule is N#CCC(CC#Cc1ccccc1)c1ccccc1. The van der Waals surface area contributed by atoms with Crippen molar-refractivity contribution in [3.63, 3.8) is 0 Å². The lowest BCUT2D eigenvalue weighted by atomic mass is 9.93. The zero-order chi connectivity index (χ0) is 13.3. The van der Waals surface area contributed by atoms with E-state index in [4.69, 9.17) is 5.26 Å². The molecule has 2 rings (SSSR count). The average Bonchev–Trinajstić information content (AvgIpc) is 2.48. The van der Waals surface area contributed by atoms with Gasteiger partial charge >= 0.3 is 0 Å². The molecule has 0 saturated heterocycles. The van der Waals surface area contributed by atoms with Crippen molar-refractivity contribution in [2.75, 3.05) is 0 Å². The van der Waals surface area contributed by atoms with Gasteiger partial charge in [-0.1, -0.05) is 60.4 Å². The third-order valence-electron chi connectivity index (χ3n) is 2.96. The summed E-state index contributed by atoms with van der Waals surface area (Å²) in [6, 6.07) is 22.3. The largest absolute Gasteiger partial charge is 0.198 e. The molecule has 0 radical (unpaired) electrons. The van der Waals surface area contributed by atoms with Crippen molar-refractivity contribution in [2.24, 2.45) is 0 Å². The molecule has 0 N–H and O–H groups in total. The van der Waals surface area contributed by atoms with Gasteiger partial charge in [-0.3, -0.25) is 0 Å². The minimum absolute atomic E-state index is 0.197. The Bertz CT molecular complexity index is 597. The Hall–Kier alpha value is -2.51. The average molecular weight is 245 g/mol. The zero-order valence-electron chi connectivity index (χ0n) is 10.7. The normalized spacial score (nSPS) is 10.9. The summed E-state index contributed by atoms with van der Waals surface area (Å²) in [6.07, 6.45) is 1.22. The van der Waals surface area contributed by atoms with Crippen molar-refractivity contribution in [1.29, 1.82) is 5.26 Å². The number of nitriles is 1. The molecule has 0 fully saturated rings. The fourth-order valence-corrected chi connectivity index (χ4v) is 1.94. The van der Waals surface area contributed by atoms with Crippen LogP contribution in [-0.2, 0) is 0 Å². The monoisotopic (exact) mass is 245 g/mol. The van der Waals surface area contributed by atoms with E-state index in [9.17, 15) is 0 Å². The lowest BCUT2D eigenvalue weighted by Crippen LogP contribution is -1.96. The van der Waals surface area contributed by atoms with Crippen LogP contribution < -0.4 is 0 Å². The standard InChI is InChI=1S/C18H15N/c19-15-14-18(17-11-5-2-6-12-17)13-7-10-16-8-3-1-4-9-16/h1-6,8-9,11-12,18H,13-14H2. The lowest BCUT2D eigenvalue weighted by molar-refractivity contribution is 0.731. The van der Waals surface area contributed by atoms with Crippen molar-refractivity contribution in [1.82, 2.24) is 0 Å². The molecular formula is C18H15N. The summed E-state index contributed by atoms with van der Waals surface area (Å²) in [6.45, 7) is 0. The minimum atomic E-state index is 0.197. The van der Waals surface area contributed by atoms with Gasteiger partial charge < -0.3 is 0 Å². The molecule has 0 bridgehead atoms. The fraction of sp³-hybridized carbons (Fsp3) is 0.167. The van der Waals surface area contributed by atoms with E-state index in [0.29, 0.717) is 12.8 Å². The molecule has 1 atom stereocenters. The van der Waals surface area contributed by atoms with Gasteiger partial charge in [0.15, 0.2) is 0 Å². The molecule has 0 aliphatic carbocycles. The maximum atomic E-state index is 8.92. The molecule has 0 aliphatic heterocycles. The van der Waals surface area contributed by atoms with Crippen molar-refractivity contribution < 1.29 is 0 Å². The van der Waals surface area contributed by atoms with Crippen LogP contribution in [0.2, 0.25) is 0 Å². The van der Waals surface area contributed by atoms with Crippen LogP contribution in [0.3, 0.4) is 0 Å². The molecule has 1 heteroatoms. The van der Waals surface area contributed by atoms with Gasteiger partial charge in [-0.25, -0.2) is 0 Å². The molecular weight excluding hydrogens is 230 g/mol. The van der Waals surface area contributed by atoms with Gasteiger partial charge in [0, 0.05) is 24.3 Å². The Morgan fingerprint density at radius 2 is 1.47 bits per heavy atom. The first-order valence-corrected chi connectivity index (χ1v) is 6.36. The maximum absolute atomic E-state index is 8.92. The second-order valence-electron chi connectivity index (χ2n) is 4.34. The minimum Gasteiger partial charge on any atom is -0.198 e. The van der Waals surface area contributed by atoms with Crippen LogP contribution in [0.1, 0.15) is 29.9 Å². The quantitative estimate of drug-likeness (QED) is 0.746. The van der Waals surface area contributed by atoms with E-state index in [1.807, 2.05) is 48.5 Å². The first kappa shape index (κ1) is 12.9. The van der Waals surface area contributed by atoms with Crippen molar-refractivity contribution >= 4 is 0 Å². The van der Waals surface area contributed by atoms with Gasteiger partial charge in [0.25, 0.3) is 0 Å². The lowest BCUT2D eigenvalue weighted by Gasteiger charge is -2.09. The van der Waals surface area contributed by atoms with Crippen LogP contribution in [-0.4, -0.2) is 0 Å². The van der Waals surface area contributed by atoms with Crippen LogP contribution in [0.25, 0.3) is 0 Å². The highest BCUT2D eigenvalue weighted by Gasteiger charge is 2.08. The number of hydrogen-bond donors (Lipinski definition) is 0. The Morgan fingerprint density at radius 1 is 0.842 bits per heavy atom. The van der Waals surface area contributed by atoms with Gasteiger partial charge in [0.2, 0.25) is 0 Å². The summed E-state index contributed by atoms with van der Waals surface area (Å²) in [5, 5.41) is 8.92. The van der Waals surface area contributed by atoms with E-state index < -0.39 is 0 Å². The smallest absolute Gasteiger partial charge is 0.0628 e. The predicted octanol–water partition coefficient (Wildman–Crippen LogP) is 4.13. The highest BCUT2D eigenvalue weighted by molar-refractivity contribution is 5.34. The summed E-state index contributed by atoms with van der Waals surface area (Å²) in [5.74, 6) is 6.52. The third kappa shape index (κ3) is 4.02. The van der Waals surface area contributed by atoms with Crippen LogP contribution in [0.15, 0.2) is 60.7 Å². The number of nitrogens with zero attached hydrogens (tertiary/aromatic N) is 1. The van der Waals surface area contributed by atoms with Gasteiger partial charge in [-0.15, -0.1) is 0 Å². The van der Waals surface area contributed by atoms with E-state index in [-0.39, 0.29) is 5.92 Å². The van der Waals surface area contributed by atoms with Gasteiger partial charge in [0.05, 0.1) is 6.07 Å². The van der Waals surface area contributed by atoms with Crippen molar-refractivity contribution in [3.8, 4) is 17.9 Å². The number of hydrogen-bond acceptors (Lipinski definition) is 1. The Kier molecular flexibility index (Phi) is 4.79. The van der Waals surface area contributed by atoms with Crippen LogP contribution in [0.4, 0.5) is 0 Å². The van der Waals surface area contributed by atoms with E-state index in [2.05, 4.69) is 30.0 Å². The zero-order valence-corrected chi connectivity index (χ0v) is 10.7. The summed E-state index contributed by atoms with van der Waals surface area (Å²) >= 11 is 0. The molecule has 0 aliphatic rings. The van der Waals surface area contributed by atoms with Gasteiger partial charge in [0.1, 0.15) is 0 Å². The number of benzene rings is 2. The van der Waals surface area contributed by atoms with E-state index in [0.717, 1.165) is 5.56 Å². The predicted molar refractivity (Wildman–Crippen MR) is 77.4 cm³/mol. The Morgan fingerprint density at radius 3 is 2.11 bits per heavy atom. The van der Waals surface area contributed by atoms with Crippen LogP contribution in [0, 0.1) is 23.2 Å². The third-order valence-corrected chi connectivity index (χ3v) is 2.96. The van der Waals surface area contributed by atoms with Crippen LogP contribution in [0.5, 0.6) is 0 Å². The second-order valence-corrected chi connectivity index (χ2v) is 4.34. The van der Waals surface area contributed by atoms with Crippen molar-refractivity contribution in [2.45, 2.75) is 18.8 Å².